The summed E-state index contributed by atoms with van der Waals surface area (Å²) in [5.41, 5.74) is 9.30. The van der Waals surface area contributed by atoms with Gasteiger partial charge in [-0.2, -0.15) is 0 Å². The maximum Gasteiger partial charge on any atom is 0.336 e. The highest BCUT2D eigenvalue weighted by molar-refractivity contribution is 6.07. The van der Waals surface area contributed by atoms with Crippen LogP contribution < -0.4 is 11.1 Å². The lowest BCUT2D eigenvalue weighted by Crippen LogP contribution is -2.03. The summed E-state index contributed by atoms with van der Waals surface area (Å²) < 4.78 is 5.92. The van der Waals surface area contributed by atoms with Gasteiger partial charge in [-0.1, -0.05) is 18.2 Å². The van der Waals surface area contributed by atoms with Gasteiger partial charge < -0.3 is 20.7 Å². The minimum absolute atomic E-state index is 0. The Morgan fingerprint density at radius 1 is 1.00 bits per heavy atom. The molecule has 0 unspecified atom stereocenters. The Labute approximate surface area is 155 Å². The Hall–Kier alpha value is -3.31. The highest BCUT2D eigenvalue weighted by Gasteiger charge is 2.20. The first-order valence-corrected chi connectivity index (χ1v) is 7.68. The van der Waals surface area contributed by atoms with Crippen LogP contribution in [0.3, 0.4) is 0 Å². The van der Waals surface area contributed by atoms with Gasteiger partial charge in [0.25, 0.3) is 0 Å². The third-order valence-corrected chi connectivity index (χ3v) is 4.17. The second kappa shape index (κ2) is 6.54. The van der Waals surface area contributed by atoms with Crippen LogP contribution in [0.5, 0.6) is 0 Å². The summed E-state index contributed by atoms with van der Waals surface area (Å²) >= 11 is 0. The van der Waals surface area contributed by atoms with E-state index in [1.165, 1.54) is 0 Å². The van der Waals surface area contributed by atoms with E-state index in [2.05, 4.69) is 0 Å². The molecule has 5 nitrogen and oxygen atoms in total. The SMILES string of the molecule is Cl.N=c1ccc2c(-c3ccccc3C(=O)O)c3ccc(N)cc3oc-2c1. The van der Waals surface area contributed by atoms with Crippen LogP contribution in [0.4, 0.5) is 5.69 Å². The first-order valence-electron chi connectivity index (χ1n) is 7.68. The van der Waals surface area contributed by atoms with Crippen molar-refractivity contribution in [2.45, 2.75) is 0 Å². The first kappa shape index (κ1) is 17.5. The second-order valence-corrected chi connectivity index (χ2v) is 5.79. The Kier molecular flexibility index (Phi) is 4.40. The number of carboxylic acids is 1. The molecule has 6 heteroatoms. The lowest BCUT2D eigenvalue weighted by molar-refractivity contribution is 0.0697. The minimum atomic E-state index is -0.995. The van der Waals surface area contributed by atoms with Gasteiger partial charge in [-0.05, 0) is 35.9 Å². The number of fused-ring (bicyclic) bond motifs is 2. The fourth-order valence-corrected chi connectivity index (χ4v) is 3.08. The standard InChI is InChI=1S/C20H14N2O3.ClH/c21-11-5-7-15-17(9-11)25-18-10-12(22)6-8-16(18)19(15)13-3-1-2-4-14(13)20(23)24;/h1-10,21H,22H2,(H,23,24);1H. The average molecular weight is 367 g/mol. The Morgan fingerprint density at radius 3 is 2.54 bits per heavy atom. The zero-order chi connectivity index (χ0) is 17.6. The summed E-state index contributed by atoms with van der Waals surface area (Å²) in [6, 6.07) is 17.2. The summed E-state index contributed by atoms with van der Waals surface area (Å²) in [6.45, 7) is 0. The van der Waals surface area contributed by atoms with E-state index >= 15 is 0 Å². The van der Waals surface area contributed by atoms with Crippen molar-refractivity contribution in [1.82, 2.24) is 0 Å². The molecule has 0 radical (unpaired) electrons. The molecule has 0 atom stereocenters. The highest BCUT2D eigenvalue weighted by Crippen LogP contribution is 2.41. The molecular formula is C20H15ClN2O3. The van der Waals surface area contributed by atoms with Gasteiger partial charge in [0.15, 0.2) is 0 Å². The molecule has 4 rings (SSSR count). The van der Waals surface area contributed by atoms with E-state index in [1.807, 2.05) is 6.07 Å². The van der Waals surface area contributed by atoms with Gasteiger partial charge in [0.05, 0.1) is 10.9 Å². The van der Waals surface area contributed by atoms with Gasteiger partial charge in [-0.3, -0.25) is 0 Å². The molecule has 0 spiro atoms. The maximum atomic E-state index is 11.7. The van der Waals surface area contributed by atoms with E-state index in [0.717, 1.165) is 16.5 Å². The topological polar surface area (TPSA) is 100 Å². The van der Waals surface area contributed by atoms with Crippen LogP contribution >= 0.6 is 12.4 Å². The van der Waals surface area contributed by atoms with Crippen molar-refractivity contribution in [2.75, 3.05) is 5.73 Å². The predicted octanol–water partition coefficient (Wildman–Crippen LogP) is 4.39. The summed E-state index contributed by atoms with van der Waals surface area (Å²) in [5.74, 6) is -0.481. The summed E-state index contributed by atoms with van der Waals surface area (Å²) in [6.07, 6.45) is 0. The number of nitrogen functional groups attached to an aromatic ring is 1. The number of carboxylic acid groups (broad SMARTS) is 1. The van der Waals surface area contributed by atoms with Crippen LogP contribution in [0.15, 0.2) is 65.1 Å². The highest BCUT2D eigenvalue weighted by atomic mass is 35.5. The summed E-state index contributed by atoms with van der Waals surface area (Å²) in [5, 5.41) is 18.5. The van der Waals surface area contributed by atoms with Crippen LogP contribution in [0.1, 0.15) is 10.4 Å². The fraction of sp³-hybridized carbons (Fsp3) is 0. The van der Waals surface area contributed by atoms with Crippen LogP contribution in [0, 0.1) is 5.41 Å². The molecule has 1 aliphatic heterocycles. The minimum Gasteiger partial charge on any atom is -0.478 e. The van der Waals surface area contributed by atoms with E-state index in [9.17, 15) is 9.90 Å². The van der Waals surface area contributed by atoms with Crippen molar-refractivity contribution in [2.24, 2.45) is 0 Å². The predicted molar refractivity (Wildman–Crippen MR) is 103 cm³/mol. The smallest absolute Gasteiger partial charge is 0.336 e. The summed E-state index contributed by atoms with van der Waals surface area (Å²) in [7, 11) is 0. The molecule has 4 N–H and O–H groups in total. The third-order valence-electron chi connectivity index (χ3n) is 4.17. The van der Waals surface area contributed by atoms with Crippen LogP contribution in [0.2, 0.25) is 0 Å². The van der Waals surface area contributed by atoms with Crippen molar-refractivity contribution < 1.29 is 14.3 Å². The quantitative estimate of drug-likeness (QED) is 0.362. The number of hydrogen-bond donors (Lipinski definition) is 3. The van der Waals surface area contributed by atoms with Crippen LogP contribution in [0.25, 0.3) is 33.4 Å². The van der Waals surface area contributed by atoms with E-state index in [0.29, 0.717) is 28.0 Å². The Morgan fingerprint density at radius 2 is 1.77 bits per heavy atom. The molecule has 0 saturated heterocycles. The number of nitrogens with one attached hydrogen (secondary N) is 1. The molecule has 0 saturated carbocycles. The molecule has 0 fully saturated rings. The molecule has 2 aliphatic rings. The molecule has 2 aromatic carbocycles. The second-order valence-electron chi connectivity index (χ2n) is 5.79. The van der Waals surface area contributed by atoms with Gasteiger partial charge in [0, 0.05) is 34.3 Å². The molecular weight excluding hydrogens is 352 g/mol. The Bertz CT molecular complexity index is 1170. The van der Waals surface area contributed by atoms with Crippen LogP contribution in [-0.2, 0) is 0 Å². The van der Waals surface area contributed by atoms with Crippen molar-refractivity contribution in [3.63, 3.8) is 0 Å². The number of anilines is 1. The van der Waals surface area contributed by atoms with Gasteiger partial charge in [0.1, 0.15) is 11.3 Å². The maximum absolute atomic E-state index is 11.7. The van der Waals surface area contributed by atoms with E-state index in [4.69, 9.17) is 15.6 Å². The van der Waals surface area contributed by atoms with Gasteiger partial charge in [-0.15, -0.1) is 12.4 Å². The number of carbonyl (C=O) groups is 1. The van der Waals surface area contributed by atoms with Crippen LogP contribution in [-0.4, -0.2) is 11.1 Å². The number of aromatic carboxylic acids is 1. The molecule has 26 heavy (non-hydrogen) atoms. The summed E-state index contributed by atoms with van der Waals surface area (Å²) in [4.78, 5) is 11.7. The van der Waals surface area contributed by atoms with Crippen molar-refractivity contribution >= 4 is 35.0 Å². The number of nitrogens with two attached hydrogens (primary N) is 1. The molecule has 0 amide bonds. The largest absolute Gasteiger partial charge is 0.478 e. The molecule has 0 bridgehead atoms. The van der Waals surface area contributed by atoms with Gasteiger partial charge in [-0.25, -0.2) is 4.79 Å². The van der Waals surface area contributed by atoms with E-state index in [-0.39, 0.29) is 18.0 Å². The van der Waals surface area contributed by atoms with Crippen molar-refractivity contribution in [1.29, 1.82) is 5.41 Å². The third kappa shape index (κ3) is 2.78. The molecule has 130 valence electrons. The Balaban J connectivity index is 0.00000196. The van der Waals surface area contributed by atoms with E-state index in [1.54, 1.807) is 54.6 Å². The molecule has 1 heterocycles. The number of halogens is 1. The zero-order valence-electron chi connectivity index (χ0n) is 13.5. The van der Waals surface area contributed by atoms with Gasteiger partial charge in [0.2, 0.25) is 0 Å². The van der Waals surface area contributed by atoms with Gasteiger partial charge >= 0.3 is 5.97 Å². The normalized spacial score (nSPS) is 10.6. The zero-order valence-corrected chi connectivity index (χ0v) is 14.3. The number of hydrogen-bond acceptors (Lipinski definition) is 4. The lowest BCUT2D eigenvalue weighted by Gasteiger charge is -2.16. The molecule has 1 aliphatic carbocycles. The van der Waals surface area contributed by atoms with Crippen molar-refractivity contribution in [3.05, 3.63) is 71.6 Å². The lowest BCUT2D eigenvalue weighted by atomic mass is 9.91. The first-order chi connectivity index (χ1) is 12.0. The number of benzene rings is 3. The average Bonchev–Trinajstić information content (AvgIpc) is 2.59. The fourth-order valence-electron chi connectivity index (χ4n) is 3.08. The monoisotopic (exact) mass is 366 g/mol. The van der Waals surface area contributed by atoms with E-state index < -0.39 is 5.97 Å². The number of rotatable bonds is 2. The van der Waals surface area contributed by atoms with Crippen molar-refractivity contribution in [3.8, 4) is 22.5 Å². The molecule has 0 aromatic heterocycles. The molecule has 2 aromatic rings.